The molecule has 198 valence electrons. The van der Waals surface area contributed by atoms with Crippen LogP contribution < -0.4 is 15.2 Å². The minimum Gasteiger partial charge on any atom is -0.495 e. The molecule has 0 radical (unpaired) electrons. The van der Waals surface area contributed by atoms with Crippen molar-refractivity contribution in [1.82, 2.24) is 19.2 Å². The summed E-state index contributed by atoms with van der Waals surface area (Å²) in [6.45, 7) is 2.09. The summed E-state index contributed by atoms with van der Waals surface area (Å²) >= 11 is 6.37. The summed E-state index contributed by atoms with van der Waals surface area (Å²) in [5.41, 5.74) is 2.38. The molecule has 10 heteroatoms. The van der Waals surface area contributed by atoms with E-state index in [1.807, 2.05) is 31.3 Å². The molecule has 0 unspecified atom stereocenters. The molecule has 0 atom stereocenters. The normalized spacial score (nSPS) is 13.8. The summed E-state index contributed by atoms with van der Waals surface area (Å²) in [5, 5.41) is 6.28. The summed E-state index contributed by atoms with van der Waals surface area (Å²) in [7, 11) is 3.33. The summed E-state index contributed by atoms with van der Waals surface area (Å²) in [6.07, 6.45) is 0. The van der Waals surface area contributed by atoms with Gasteiger partial charge in [0.2, 0.25) is 0 Å². The molecular weight excluding hydrogens is 521 g/mol. The summed E-state index contributed by atoms with van der Waals surface area (Å²) in [6, 6.07) is 18.9. The van der Waals surface area contributed by atoms with E-state index in [1.165, 1.54) is 23.9 Å². The molecule has 3 heterocycles. The van der Waals surface area contributed by atoms with Crippen LogP contribution in [0.5, 0.6) is 5.75 Å². The van der Waals surface area contributed by atoms with Gasteiger partial charge in [-0.3, -0.25) is 9.59 Å². The highest BCUT2D eigenvalue weighted by Crippen LogP contribution is 2.31. The number of methoxy groups -OCH3 is 1. The first-order chi connectivity index (χ1) is 18.9. The van der Waals surface area contributed by atoms with Gasteiger partial charge in [0.15, 0.2) is 5.69 Å². The van der Waals surface area contributed by atoms with Crippen molar-refractivity contribution in [1.29, 1.82) is 0 Å². The number of rotatable bonds is 4. The van der Waals surface area contributed by atoms with Gasteiger partial charge in [-0.2, -0.15) is 9.78 Å². The third-order valence-corrected chi connectivity index (χ3v) is 7.58. The molecule has 1 aliphatic heterocycles. The summed E-state index contributed by atoms with van der Waals surface area (Å²) in [5.74, 6) is -0.0797. The number of anilines is 1. The zero-order valence-corrected chi connectivity index (χ0v) is 22.2. The number of amides is 1. The van der Waals surface area contributed by atoms with E-state index in [1.54, 1.807) is 39.8 Å². The highest BCUT2D eigenvalue weighted by molar-refractivity contribution is 6.32. The molecule has 0 bridgehead atoms. The average molecular weight is 546 g/mol. The second-order valence-electron chi connectivity index (χ2n) is 9.44. The van der Waals surface area contributed by atoms with Crippen LogP contribution >= 0.6 is 11.6 Å². The molecule has 1 amide bonds. The highest BCUT2D eigenvalue weighted by atomic mass is 35.5. The number of aromatic nitrogens is 3. The number of benzene rings is 3. The molecule has 0 aliphatic carbocycles. The van der Waals surface area contributed by atoms with Gasteiger partial charge in [-0.15, -0.1) is 0 Å². The van der Waals surface area contributed by atoms with Crippen molar-refractivity contribution in [3.63, 3.8) is 0 Å². The maximum absolute atomic E-state index is 14.0. The number of carbonyl (C=O) groups is 1. The Morgan fingerprint density at radius 2 is 1.67 bits per heavy atom. The molecule has 6 rings (SSSR count). The number of aryl methyl sites for hydroxylation is 1. The number of halogens is 2. The van der Waals surface area contributed by atoms with Crippen LogP contribution in [-0.2, 0) is 7.05 Å². The standard InChI is InChI=1S/C29H25ClFN5O3/c1-33-23-6-4-3-5-21(23)25-26(28(37)35-15-13-34(14-16-35)19-9-7-18(31)8-10-19)32-36(29(38)27(25)33)20-11-12-24(39-2)22(30)17-20/h3-12,17H,13-16H2,1-2H3. The number of piperazine rings is 1. The van der Waals surface area contributed by atoms with E-state index in [-0.39, 0.29) is 23.0 Å². The van der Waals surface area contributed by atoms with Gasteiger partial charge in [0.25, 0.3) is 11.5 Å². The predicted molar refractivity (Wildman–Crippen MR) is 150 cm³/mol. The van der Waals surface area contributed by atoms with Crippen LogP contribution in [0.3, 0.4) is 0 Å². The Kier molecular flexibility index (Phi) is 6.23. The molecule has 1 fully saturated rings. The van der Waals surface area contributed by atoms with Crippen molar-refractivity contribution in [3.05, 3.63) is 93.6 Å². The molecule has 5 aromatic rings. The zero-order chi connectivity index (χ0) is 27.3. The van der Waals surface area contributed by atoms with E-state index in [4.69, 9.17) is 16.3 Å². The Hall–Kier alpha value is -4.37. The van der Waals surface area contributed by atoms with Crippen LogP contribution in [0.15, 0.2) is 71.5 Å². The molecule has 0 N–H and O–H groups in total. The number of carbonyl (C=O) groups excluding carboxylic acids is 1. The summed E-state index contributed by atoms with van der Waals surface area (Å²) in [4.78, 5) is 31.7. The number of ether oxygens (including phenoxy) is 1. The molecular formula is C29H25ClFN5O3. The maximum atomic E-state index is 14.0. The van der Waals surface area contributed by atoms with E-state index in [2.05, 4.69) is 10.00 Å². The van der Waals surface area contributed by atoms with E-state index in [0.29, 0.717) is 53.5 Å². The topological polar surface area (TPSA) is 72.6 Å². The first-order valence-electron chi connectivity index (χ1n) is 12.5. The largest absolute Gasteiger partial charge is 0.495 e. The van der Waals surface area contributed by atoms with Crippen LogP contribution in [0.4, 0.5) is 10.1 Å². The Balaban J connectivity index is 1.45. The van der Waals surface area contributed by atoms with Crippen LogP contribution in [0.2, 0.25) is 5.02 Å². The lowest BCUT2D eigenvalue weighted by Gasteiger charge is -2.36. The van der Waals surface area contributed by atoms with E-state index in [0.717, 1.165) is 16.6 Å². The van der Waals surface area contributed by atoms with Crippen molar-refractivity contribution in [2.45, 2.75) is 0 Å². The van der Waals surface area contributed by atoms with Crippen molar-refractivity contribution in [3.8, 4) is 11.4 Å². The number of fused-ring (bicyclic) bond motifs is 3. The third kappa shape index (κ3) is 4.19. The minimum absolute atomic E-state index is 0.198. The van der Waals surface area contributed by atoms with Gasteiger partial charge < -0.3 is 19.1 Å². The molecule has 0 spiro atoms. The van der Waals surface area contributed by atoms with Crippen molar-refractivity contribution in [2.75, 3.05) is 38.2 Å². The Morgan fingerprint density at radius 3 is 2.36 bits per heavy atom. The first-order valence-corrected chi connectivity index (χ1v) is 12.9. The fourth-order valence-corrected chi connectivity index (χ4v) is 5.51. The molecule has 8 nitrogen and oxygen atoms in total. The first kappa shape index (κ1) is 24.9. The Bertz CT molecular complexity index is 1790. The molecule has 2 aromatic heterocycles. The number of hydrogen-bond acceptors (Lipinski definition) is 5. The molecule has 1 aliphatic rings. The van der Waals surface area contributed by atoms with Gasteiger partial charge in [0, 0.05) is 55.2 Å². The lowest BCUT2D eigenvalue weighted by Crippen LogP contribution is -2.49. The smallest absolute Gasteiger partial charge is 0.296 e. The quantitative estimate of drug-likeness (QED) is 0.329. The van der Waals surface area contributed by atoms with E-state index >= 15 is 0 Å². The van der Waals surface area contributed by atoms with Gasteiger partial charge in [-0.25, -0.2) is 4.39 Å². The van der Waals surface area contributed by atoms with Gasteiger partial charge in [0.05, 0.1) is 17.8 Å². The van der Waals surface area contributed by atoms with Gasteiger partial charge in [0.1, 0.15) is 17.1 Å². The Labute approximate surface area is 228 Å². The van der Waals surface area contributed by atoms with Gasteiger partial charge in [-0.1, -0.05) is 29.8 Å². The highest BCUT2D eigenvalue weighted by Gasteiger charge is 2.29. The second-order valence-corrected chi connectivity index (χ2v) is 9.85. The van der Waals surface area contributed by atoms with Crippen LogP contribution in [0.25, 0.3) is 27.5 Å². The predicted octanol–water partition coefficient (Wildman–Crippen LogP) is 4.64. The van der Waals surface area contributed by atoms with Gasteiger partial charge >= 0.3 is 0 Å². The number of para-hydroxylation sites is 1. The maximum Gasteiger partial charge on any atom is 0.296 e. The van der Waals surface area contributed by atoms with Crippen molar-refractivity contribution >= 4 is 45.0 Å². The number of hydrogen-bond donors (Lipinski definition) is 0. The lowest BCUT2D eigenvalue weighted by atomic mass is 10.1. The lowest BCUT2D eigenvalue weighted by molar-refractivity contribution is 0.0741. The zero-order valence-electron chi connectivity index (χ0n) is 21.4. The fourth-order valence-electron chi connectivity index (χ4n) is 5.26. The van der Waals surface area contributed by atoms with Crippen molar-refractivity contribution in [2.24, 2.45) is 7.05 Å². The average Bonchev–Trinajstić information content (AvgIpc) is 3.26. The van der Waals surface area contributed by atoms with Gasteiger partial charge in [-0.05, 0) is 48.5 Å². The van der Waals surface area contributed by atoms with E-state index < -0.39 is 0 Å². The van der Waals surface area contributed by atoms with Crippen LogP contribution in [0.1, 0.15) is 10.5 Å². The number of nitrogens with zero attached hydrogens (tertiary/aromatic N) is 5. The van der Waals surface area contributed by atoms with Crippen LogP contribution in [0, 0.1) is 5.82 Å². The van der Waals surface area contributed by atoms with Crippen LogP contribution in [-0.4, -0.2) is 58.4 Å². The Morgan fingerprint density at radius 1 is 0.974 bits per heavy atom. The summed E-state index contributed by atoms with van der Waals surface area (Å²) < 4.78 is 21.7. The monoisotopic (exact) mass is 545 g/mol. The van der Waals surface area contributed by atoms with Crippen molar-refractivity contribution < 1.29 is 13.9 Å². The SMILES string of the molecule is COc1ccc(-n2nc(C(=O)N3CCN(c4ccc(F)cc4)CC3)c3c4ccccc4n(C)c3c2=O)cc1Cl. The fraction of sp³-hybridized carbons (Fsp3) is 0.207. The molecule has 39 heavy (non-hydrogen) atoms. The second kappa shape index (κ2) is 9.74. The minimum atomic E-state index is -0.359. The van der Waals surface area contributed by atoms with E-state index in [9.17, 15) is 14.0 Å². The molecule has 0 saturated carbocycles. The molecule has 1 saturated heterocycles. The third-order valence-electron chi connectivity index (χ3n) is 7.28. The molecule has 3 aromatic carbocycles.